The molecule has 2 fully saturated rings. The van der Waals surface area contributed by atoms with E-state index in [9.17, 15) is 28.1 Å². The van der Waals surface area contributed by atoms with Crippen molar-refractivity contribution in [2.75, 3.05) is 19.6 Å². The summed E-state index contributed by atoms with van der Waals surface area (Å²) in [5, 5.41) is 33.7. The van der Waals surface area contributed by atoms with E-state index in [4.69, 9.17) is 4.74 Å². The summed E-state index contributed by atoms with van der Waals surface area (Å²) in [7, 11) is -3.67. The second-order valence-corrected chi connectivity index (χ2v) is 12.5. The van der Waals surface area contributed by atoms with Crippen molar-refractivity contribution in [3.05, 3.63) is 96.2 Å². The normalized spacial score (nSPS) is 25.8. The van der Waals surface area contributed by atoms with Crippen LogP contribution in [0.2, 0.25) is 0 Å². The lowest BCUT2D eigenvalue weighted by molar-refractivity contribution is -0.0879. The minimum Gasteiger partial charge on any atom is -0.485 e. The first-order valence-corrected chi connectivity index (χ1v) is 14.7. The van der Waals surface area contributed by atoms with Crippen molar-refractivity contribution >= 4 is 20.9 Å². The highest BCUT2D eigenvalue weighted by Gasteiger charge is 2.59. The highest BCUT2D eigenvalue weighted by Crippen LogP contribution is 2.44. The number of para-hydroxylation sites is 1. The maximum atomic E-state index is 14.0. The van der Waals surface area contributed by atoms with Crippen LogP contribution in [-0.4, -0.2) is 75.0 Å². The molecule has 40 heavy (non-hydrogen) atoms. The molecule has 2 aromatic carbocycles. The van der Waals surface area contributed by atoms with Crippen LogP contribution in [0.3, 0.4) is 0 Å². The highest BCUT2D eigenvalue weighted by molar-refractivity contribution is 7.89. The molecule has 0 unspecified atom stereocenters. The quantitative estimate of drug-likeness (QED) is 0.297. The van der Waals surface area contributed by atoms with E-state index in [1.165, 1.54) is 28.5 Å². The Morgan fingerprint density at radius 3 is 2.62 bits per heavy atom. The van der Waals surface area contributed by atoms with Crippen molar-refractivity contribution < 1.29 is 32.9 Å². The molecule has 1 aliphatic heterocycles. The second-order valence-electron chi connectivity index (χ2n) is 10.7. The zero-order chi connectivity index (χ0) is 28.1. The summed E-state index contributed by atoms with van der Waals surface area (Å²) in [5.41, 5.74) is 0.0192. The van der Waals surface area contributed by atoms with Gasteiger partial charge in [0.05, 0.1) is 23.2 Å². The molecule has 3 heterocycles. The minimum absolute atomic E-state index is 0.0329. The first-order chi connectivity index (χ1) is 19.1. The Bertz CT molecular complexity index is 1630. The smallest absolute Gasteiger partial charge is 0.243 e. The number of hydrogen-bond acceptors (Lipinski definition) is 8. The van der Waals surface area contributed by atoms with Gasteiger partial charge in [-0.15, -0.1) is 0 Å². The van der Waals surface area contributed by atoms with Gasteiger partial charge in [-0.25, -0.2) is 16.8 Å². The summed E-state index contributed by atoms with van der Waals surface area (Å²) in [6.07, 6.45) is 0.305. The lowest BCUT2D eigenvalue weighted by Crippen LogP contribution is -2.49. The average Bonchev–Trinajstić information content (AvgIpc) is 3.56. The number of aromatic nitrogens is 2. The molecule has 1 aliphatic carbocycles. The molecule has 4 aromatic rings. The van der Waals surface area contributed by atoms with E-state index in [1.54, 1.807) is 48.5 Å². The Morgan fingerprint density at radius 2 is 1.88 bits per heavy atom. The molecule has 11 heteroatoms. The van der Waals surface area contributed by atoms with Crippen molar-refractivity contribution in [2.45, 2.75) is 36.1 Å². The molecular formula is C29H30FN3O6S. The van der Waals surface area contributed by atoms with Crippen LogP contribution in [0.1, 0.15) is 23.8 Å². The molecule has 1 saturated carbocycles. The summed E-state index contributed by atoms with van der Waals surface area (Å²) in [6, 6.07) is 18.2. The molecule has 210 valence electrons. The molecule has 6 rings (SSSR count). The van der Waals surface area contributed by atoms with Gasteiger partial charge in [-0.1, -0.05) is 42.5 Å². The number of aliphatic hydroxyl groups is 3. The molecule has 0 spiro atoms. The van der Waals surface area contributed by atoms with Gasteiger partial charge in [0.2, 0.25) is 10.0 Å². The molecule has 3 N–H and O–H groups in total. The summed E-state index contributed by atoms with van der Waals surface area (Å²) >= 11 is 0. The SMILES string of the molecule is O=S(=O)(Cc1ccccc1)n1ccc2cc([C@H](O)CN3C[C@H]4C[C@H](Oc5ccccc5F)[C@H](O)[C@@]4(O)C3)ncc21. The number of aliphatic hydroxyl groups excluding tert-OH is 2. The van der Waals surface area contributed by atoms with Crippen LogP contribution in [0.4, 0.5) is 4.39 Å². The summed E-state index contributed by atoms with van der Waals surface area (Å²) in [6.45, 7) is 0.692. The largest absolute Gasteiger partial charge is 0.485 e. The van der Waals surface area contributed by atoms with Gasteiger partial charge in [0.25, 0.3) is 0 Å². The van der Waals surface area contributed by atoms with Crippen molar-refractivity contribution in [1.82, 2.24) is 13.9 Å². The number of likely N-dealkylation sites (tertiary alicyclic amines) is 1. The number of fused-ring (bicyclic) bond motifs is 2. The Labute approximate surface area is 231 Å². The number of ether oxygens (including phenoxy) is 1. The van der Waals surface area contributed by atoms with Gasteiger partial charge in [-0.05, 0) is 36.2 Å². The van der Waals surface area contributed by atoms with Gasteiger partial charge < -0.3 is 20.1 Å². The first-order valence-electron chi connectivity index (χ1n) is 13.1. The van der Waals surface area contributed by atoms with Crippen molar-refractivity contribution in [2.24, 2.45) is 5.92 Å². The van der Waals surface area contributed by atoms with Crippen LogP contribution in [0, 0.1) is 11.7 Å². The fraction of sp³-hybridized carbons (Fsp3) is 0.345. The fourth-order valence-electron chi connectivity index (χ4n) is 5.97. The van der Waals surface area contributed by atoms with E-state index < -0.39 is 39.8 Å². The maximum Gasteiger partial charge on any atom is 0.243 e. The predicted molar refractivity (Wildman–Crippen MR) is 145 cm³/mol. The Morgan fingerprint density at radius 1 is 1.12 bits per heavy atom. The van der Waals surface area contributed by atoms with Gasteiger partial charge in [-0.2, -0.15) is 0 Å². The molecule has 0 radical (unpaired) electrons. The zero-order valence-electron chi connectivity index (χ0n) is 21.5. The Kier molecular flexibility index (Phi) is 6.87. The third-order valence-electron chi connectivity index (χ3n) is 7.98. The number of hydrogen-bond donors (Lipinski definition) is 3. The van der Waals surface area contributed by atoms with Crippen molar-refractivity contribution in [1.29, 1.82) is 0 Å². The number of rotatable bonds is 8. The van der Waals surface area contributed by atoms with Gasteiger partial charge in [0.1, 0.15) is 23.9 Å². The van der Waals surface area contributed by atoms with E-state index in [2.05, 4.69) is 4.98 Å². The maximum absolute atomic E-state index is 14.0. The van der Waals surface area contributed by atoms with Crippen LogP contribution in [0.25, 0.3) is 10.9 Å². The summed E-state index contributed by atoms with van der Waals surface area (Å²) < 4.78 is 47.0. The van der Waals surface area contributed by atoms with Crippen LogP contribution in [-0.2, 0) is 15.8 Å². The van der Waals surface area contributed by atoms with Gasteiger partial charge in [0.15, 0.2) is 11.6 Å². The second kappa shape index (κ2) is 10.2. The molecule has 1 saturated heterocycles. The molecule has 2 aliphatic rings. The van der Waals surface area contributed by atoms with Crippen molar-refractivity contribution in [3.63, 3.8) is 0 Å². The van der Waals surface area contributed by atoms with Crippen LogP contribution in [0.5, 0.6) is 5.75 Å². The van der Waals surface area contributed by atoms with Gasteiger partial charge in [0, 0.05) is 37.1 Å². The Hall–Kier alpha value is -3.35. The average molecular weight is 568 g/mol. The highest BCUT2D eigenvalue weighted by atomic mass is 32.2. The topological polar surface area (TPSA) is 125 Å². The molecule has 0 bridgehead atoms. The van der Waals surface area contributed by atoms with Crippen LogP contribution in [0.15, 0.2) is 79.1 Å². The predicted octanol–water partition coefficient (Wildman–Crippen LogP) is 2.46. The van der Waals surface area contributed by atoms with Crippen LogP contribution < -0.4 is 4.74 Å². The van der Waals surface area contributed by atoms with Gasteiger partial charge in [-0.3, -0.25) is 9.88 Å². The fourth-order valence-corrected chi connectivity index (χ4v) is 7.42. The standard InChI is InChI=1S/C29H30FN3O6S/c30-22-8-4-5-9-26(22)39-27-13-21-15-32(18-29(21,36)28(27)35)16-25(34)23-12-20-10-11-33(24(20)14-31-23)40(37,38)17-19-6-2-1-3-7-19/h1-12,14,21,25,27-28,34-36H,13,15-18H2/t21-,25-,27+,28+,29-/m1/s1. The van der Waals surface area contributed by atoms with E-state index in [1.807, 2.05) is 11.0 Å². The molecule has 5 atom stereocenters. The number of β-amino-alcohol motifs (C(OH)–C–C–N with tert-alkyl or cyclic N) is 2. The lowest BCUT2D eigenvalue weighted by Gasteiger charge is -2.29. The zero-order valence-corrected chi connectivity index (χ0v) is 22.4. The van der Waals surface area contributed by atoms with E-state index in [0.717, 1.165) is 0 Å². The molecule has 2 aromatic heterocycles. The van der Waals surface area contributed by atoms with E-state index in [-0.39, 0.29) is 30.5 Å². The van der Waals surface area contributed by atoms with Crippen molar-refractivity contribution in [3.8, 4) is 5.75 Å². The van der Waals surface area contributed by atoms with Gasteiger partial charge >= 0.3 is 0 Å². The molecule has 9 nitrogen and oxygen atoms in total. The number of benzene rings is 2. The van der Waals surface area contributed by atoms with E-state index >= 15 is 0 Å². The number of halogens is 1. The Balaban J connectivity index is 1.12. The lowest BCUT2D eigenvalue weighted by atomic mass is 9.93. The number of pyridine rings is 1. The summed E-state index contributed by atoms with van der Waals surface area (Å²) in [5.74, 6) is -0.965. The third kappa shape index (κ3) is 4.88. The molecular weight excluding hydrogens is 537 g/mol. The molecule has 0 amide bonds. The number of nitrogens with zero attached hydrogens (tertiary/aromatic N) is 3. The third-order valence-corrected chi connectivity index (χ3v) is 9.60. The van der Waals surface area contributed by atoms with E-state index in [0.29, 0.717) is 35.1 Å². The monoisotopic (exact) mass is 567 g/mol. The summed E-state index contributed by atoms with van der Waals surface area (Å²) in [4.78, 5) is 6.20. The van der Waals surface area contributed by atoms with Crippen LogP contribution >= 0.6 is 0 Å². The minimum atomic E-state index is -3.67. The first kappa shape index (κ1) is 26.9.